The summed E-state index contributed by atoms with van der Waals surface area (Å²) in [6.45, 7) is 5.78. The number of piperidine rings is 1. The SMILES string of the molecule is Cn1ccc(C2CCN(C(=O)OC(C)(C)C)CC2C(=O)O)cc1=O. The van der Waals surface area contributed by atoms with Crippen molar-refractivity contribution in [1.29, 1.82) is 0 Å². The molecule has 0 bridgehead atoms. The van der Waals surface area contributed by atoms with E-state index in [4.69, 9.17) is 4.74 Å². The number of pyridine rings is 1. The summed E-state index contributed by atoms with van der Waals surface area (Å²) < 4.78 is 6.76. The zero-order chi connectivity index (χ0) is 18.1. The molecule has 2 atom stereocenters. The fourth-order valence-corrected chi connectivity index (χ4v) is 2.89. The molecule has 2 rings (SSSR count). The lowest BCUT2D eigenvalue weighted by Crippen LogP contribution is -2.47. The van der Waals surface area contributed by atoms with Gasteiger partial charge in [0.25, 0.3) is 5.56 Å². The first-order valence-corrected chi connectivity index (χ1v) is 7.96. The quantitative estimate of drug-likeness (QED) is 0.890. The number of carboxylic acids is 1. The normalized spacial score (nSPS) is 21.4. The number of aryl methyl sites for hydroxylation is 1. The second-order valence-corrected chi connectivity index (χ2v) is 7.18. The first-order valence-electron chi connectivity index (χ1n) is 7.96. The Bertz CT molecular complexity index is 689. The Kier molecular flexibility index (Phi) is 5.01. The van der Waals surface area contributed by atoms with Gasteiger partial charge in [-0.3, -0.25) is 9.59 Å². The van der Waals surface area contributed by atoms with Crippen molar-refractivity contribution in [2.75, 3.05) is 13.1 Å². The predicted molar refractivity (Wildman–Crippen MR) is 88.0 cm³/mol. The number of rotatable bonds is 2. The number of hydrogen-bond acceptors (Lipinski definition) is 4. The average Bonchev–Trinajstić information content (AvgIpc) is 2.47. The molecule has 24 heavy (non-hydrogen) atoms. The van der Waals surface area contributed by atoms with Crippen molar-refractivity contribution in [2.45, 2.75) is 38.7 Å². The van der Waals surface area contributed by atoms with Gasteiger partial charge in [-0.05, 0) is 38.8 Å². The smallest absolute Gasteiger partial charge is 0.410 e. The van der Waals surface area contributed by atoms with Crippen LogP contribution in [0.25, 0.3) is 0 Å². The minimum absolute atomic E-state index is 0.0735. The number of carboxylic acid groups (broad SMARTS) is 1. The first-order chi connectivity index (χ1) is 11.1. The largest absolute Gasteiger partial charge is 0.481 e. The molecule has 0 saturated carbocycles. The van der Waals surface area contributed by atoms with Gasteiger partial charge in [0, 0.05) is 38.3 Å². The van der Waals surface area contributed by atoms with Crippen LogP contribution in [-0.4, -0.2) is 45.3 Å². The number of carbonyl (C=O) groups excluding carboxylic acids is 1. The molecule has 0 aromatic carbocycles. The average molecular weight is 336 g/mol. The molecule has 1 aliphatic rings. The molecule has 7 heteroatoms. The molecule has 2 unspecified atom stereocenters. The molecular formula is C17H24N2O5. The van der Waals surface area contributed by atoms with Gasteiger partial charge in [0.2, 0.25) is 0 Å². The number of hydrogen-bond donors (Lipinski definition) is 1. The van der Waals surface area contributed by atoms with E-state index in [9.17, 15) is 19.5 Å². The Labute approximate surface area is 140 Å². The third-order valence-electron chi connectivity index (χ3n) is 4.14. The molecule has 2 heterocycles. The van der Waals surface area contributed by atoms with Gasteiger partial charge >= 0.3 is 12.1 Å². The molecule has 1 saturated heterocycles. The maximum Gasteiger partial charge on any atom is 0.410 e. The van der Waals surface area contributed by atoms with E-state index < -0.39 is 23.6 Å². The van der Waals surface area contributed by atoms with Crippen molar-refractivity contribution >= 4 is 12.1 Å². The number of amides is 1. The highest BCUT2D eigenvalue weighted by molar-refractivity contribution is 5.74. The van der Waals surface area contributed by atoms with Crippen molar-refractivity contribution in [3.05, 3.63) is 34.2 Å². The highest BCUT2D eigenvalue weighted by atomic mass is 16.6. The van der Waals surface area contributed by atoms with E-state index >= 15 is 0 Å². The second-order valence-electron chi connectivity index (χ2n) is 7.18. The molecule has 7 nitrogen and oxygen atoms in total. The van der Waals surface area contributed by atoms with Crippen molar-refractivity contribution in [3.8, 4) is 0 Å². The topological polar surface area (TPSA) is 88.8 Å². The summed E-state index contributed by atoms with van der Waals surface area (Å²) in [4.78, 5) is 37.1. The minimum Gasteiger partial charge on any atom is -0.481 e. The summed E-state index contributed by atoms with van der Waals surface area (Å²) in [7, 11) is 1.64. The molecule has 0 aliphatic carbocycles. The van der Waals surface area contributed by atoms with E-state index in [-0.39, 0.29) is 18.0 Å². The number of aliphatic carboxylic acids is 1. The highest BCUT2D eigenvalue weighted by Gasteiger charge is 2.38. The van der Waals surface area contributed by atoms with E-state index in [0.717, 1.165) is 0 Å². The van der Waals surface area contributed by atoms with Crippen LogP contribution in [0.1, 0.15) is 38.7 Å². The van der Waals surface area contributed by atoms with Crippen LogP contribution in [0.15, 0.2) is 23.1 Å². The van der Waals surface area contributed by atoms with Gasteiger partial charge < -0.3 is 19.3 Å². The Morgan fingerprint density at radius 2 is 2.00 bits per heavy atom. The zero-order valence-electron chi connectivity index (χ0n) is 14.5. The van der Waals surface area contributed by atoms with Crippen LogP contribution >= 0.6 is 0 Å². The van der Waals surface area contributed by atoms with Gasteiger partial charge in [0.1, 0.15) is 5.60 Å². The lowest BCUT2D eigenvalue weighted by atomic mass is 9.81. The lowest BCUT2D eigenvalue weighted by molar-refractivity contribution is -0.144. The summed E-state index contributed by atoms with van der Waals surface area (Å²) in [6.07, 6.45) is 1.61. The third-order valence-corrected chi connectivity index (χ3v) is 4.14. The van der Waals surface area contributed by atoms with E-state index in [0.29, 0.717) is 18.5 Å². The lowest BCUT2D eigenvalue weighted by Gasteiger charge is -2.37. The Morgan fingerprint density at radius 1 is 1.33 bits per heavy atom. The Balaban J connectivity index is 2.19. The highest BCUT2D eigenvalue weighted by Crippen LogP contribution is 2.33. The summed E-state index contributed by atoms with van der Waals surface area (Å²) in [5.74, 6) is -2.04. The summed E-state index contributed by atoms with van der Waals surface area (Å²) in [5, 5.41) is 9.56. The van der Waals surface area contributed by atoms with Gasteiger partial charge in [0.15, 0.2) is 0 Å². The van der Waals surface area contributed by atoms with E-state index in [1.807, 2.05) is 0 Å². The molecule has 1 aromatic heterocycles. The Hall–Kier alpha value is -2.31. The van der Waals surface area contributed by atoms with Gasteiger partial charge in [-0.25, -0.2) is 4.79 Å². The summed E-state index contributed by atoms with van der Waals surface area (Å²) >= 11 is 0. The van der Waals surface area contributed by atoms with Gasteiger partial charge in [-0.2, -0.15) is 0 Å². The van der Waals surface area contributed by atoms with Crippen LogP contribution in [0, 0.1) is 5.92 Å². The maximum atomic E-state index is 12.2. The van der Waals surface area contributed by atoms with E-state index in [2.05, 4.69) is 0 Å². The minimum atomic E-state index is -0.978. The third kappa shape index (κ3) is 4.15. The molecule has 132 valence electrons. The number of likely N-dealkylation sites (tertiary alicyclic amines) is 1. The van der Waals surface area contributed by atoms with Crippen LogP contribution in [-0.2, 0) is 16.6 Å². The molecule has 1 fully saturated rings. The van der Waals surface area contributed by atoms with E-state index in [1.165, 1.54) is 15.5 Å². The zero-order valence-corrected chi connectivity index (χ0v) is 14.5. The monoisotopic (exact) mass is 336 g/mol. The molecule has 1 N–H and O–H groups in total. The molecule has 1 aliphatic heterocycles. The van der Waals surface area contributed by atoms with E-state index in [1.54, 1.807) is 40.1 Å². The number of nitrogens with zero attached hydrogens (tertiary/aromatic N) is 2. The van der Waals surface area contributed by atoms with Gasteiger partial charge in [-0.15, -0.1) is 0 Å². The van der Waals surface area contributed by atoms with Crippen LogP contribution in [0.5, 0.6) is 0 Å². The van der Waals surface area contributed by atoms with Crippen molar-refractivity contribution in [1.82, 2.24) is 9.47 Å². The predicted octanol–water partition coefficient (Wildman–Crippen LogP) is 1.81. The molecular weight excluding hydrogens is 312 g/mol. The first kappa shape index (κ1) is 18.0. The standard InChI is InChI=1S/C17H24N2O5/c1-17(2,3)24-16(23)19-8-6-12(13(10-19)15(21)22)11-5-7-18(4)14(20)9-11/h5,7,9,12-13H,6,8,10H2,1-4H3,(H,21,22). The van der Waals surface area contributed by atoms with Crippen LogP contribution in [0.2, 0.25) is 0 Å². The van der Waals surface area contributed by atoms with Crippen molar-refractivity contribution in [2.24, 2.45) is 13.0 Å². The summed E-state index contributed by atoms with van der Waals surface area (Å²) in [5.41, 5.74) is -0.0984. The van der Waals surface area contributed by atoms with Crippen LogP contribution in [0.4, 0.5) is 4.79 Å². The number of carbonyl (C=O) groups is 2. The fourth-order valence-electron chi connectivity index (χ4n) is 2.89. The molecule has 0 spiro atoms. The molecule has 1 amide bonds. The number of ether oxygens (including phenoxy) is 1. The summed E-state index contributed by atoms with van der Waals surface area (Å²) in [6, 6.07) is 3.24. The van der Waals surface area contributed by atoms with Crippen molar-refractivity contribution < 1.29 is 19.4 Å². The van der Waals surface area contributed by atoms with Gasteiger partial charge in [0.05, 0.1) is 5.92 Å². The Morgan fingerprint density at radius 3 is 2.54 bits per heavy atom. The fraction of sp³-hybridized carbons (Fsp3) is 0.588. The van der Waals surface area contributed by atoms with Crippen molar-refractivity contribution in [3.63, 3.8) is 0 Å². The molecule has 1 aromatic rings. The maximum absolute atomic E-state index is 12.2. The van der Waals surface area contributed by atoms with Gasteiger partial charge in [-0.1, -0.05) is 0 Å². The second kappa shape index (κ2) is 6.67. The van der Waals surface area contributed by atoms with Crippen LogP contribution in [0.3, 0.4) is 0 Å². The molecule has 0 radical (unpaired) electrons. The van der Waals surface area contributed by atoms with Crippen LogP contribution < -0.4 is 5.56 Å². The number of aromatic nitrogens is 1.